The highest BCUT2D eigenvalue weighted by atomic mass is 16.1. The van der Waals surface area contributed by atoms with Crippen LogP contribution < -0.4 is 10.6 Å². The second-order valence-corrected chi connectivity index (χ2v) is 5.47. The Morgan fingerprint density at radius 3 is 2.85 bits per heavy atom. The number of nitrogens with zero attached hydrogens (tertiary/aromatic N) is 1. The van der Waals surface area contributed by atoms with E-state index in [1.54, 1.807) is 0 Å². The number of benzene rings is 1. The first-order valence-corrected chi connectivity index (χ1v) is 7.54. The molecule has 2 N–H and O–H groups in total. The van der Waals surface area contributed by atoms with Gasteiger partial charge in [-0.25, -0.2) is 0 Å². The van der Waals surface area contributed by atoms with E-state index in [4.69, 9.17) is 0 Å². The molecule has 1 aromatic rings. The number of amides is 1. The van der Waals surface area contributed by atoms with Crippen LogP contribution in [0.2, 0.25) is 0 Å². The quantitative estimate of drug-likeness (QED) is 0.888. The summed E-state index contributed by atoms with van der Waals surface area (Å²) in [4.78, 5) is 13.6. The number of rotatable bonds is 4. The Morgan fingerprint density at radius 2 is 2.10 bits per heavy atom. The van der Waals surface area contributed by atoms with Crippen LogP contribution in [0.25, 0.3) is 0 Å². The molecule has 1 amide bonds. The summed E-state index contributed by atoms with van der Waals surface area (Å²) in [6, 6.07) is 8.48. The third-order valence-electron chi connectivity index (χ3n) is 3.82. The van der Waals surface area contributed by atoms with Crippen molar-refractivity contribution in [3.63, 3.8) is 0 Å². The summed E-state index contributed by atoms with van der Waals surface area (Å²) in [6.07, 6.45) is 3.63. The van der Waals surface area contributed by atoms with Crippen LogP contribution in [0.5, 0.6) is 0 Å². The molecule has 1 saturated heterocycles. The number of carbonyl (C=O) groups excluding carboxylic acids is 1. The monoisotopic (exact) mass is 275 g/mol. The van der Waals surface area contributed by atoms with E-state index in [1.807, 2.05) is 18.2 Å². The molecule has 20 heavy (non-hydrogen) atoms. The highest BCUT2D eigenvalue weighted by Gasteiger charge is 2.15. The summed E-state index contributed by atoms with van der Waals surface area (Å²) in [7, 11) is 0. The zero-order valence-corrected chi connectivity index (χ0v) is 12.5. The van der Waals surface area contributed by atoms with Crippen LogP contribution in [0.15, 0.2) is 24.3 Å². The molecule has 1 unspecified atom stereocenters. The first-order valence-electron chi connectivity index (χ1n) is 7.54. The van der Waals surface area contributed by atoms with Crippen molar-refractivity contribution >= 4 is 17.3 Å². The van der Waals surface area contributed by atoms with Crippen LogP contribution in [0.4, 0.5) is 11.4 Å². The molecule has 2 rings (SSSR count). The van der Waals surface area contributed by atoms with Crippen molar-refractivity contribution in [1.82, 2.24) is 4.90 Å². The smallest absolute Gasteiger partial charge is 0.221 e. The molecular weight excluding hydrogens is 250 g/mol. The van der Waals surface area contributed by atoms with E-state index in [1.165, 1.54) is 39.3 Å². The molecule has 1 fully saturated rings. The molecule has 1 atom stereocenters. The van der Waals surface area contributed by atoms with Crippen LogP contribution in [0.3, 0.4) is 0 Å². The first-order chi connectivity index (χ1) is 9.67. The number of anilines is 2. The van der Waals surface area contributed by atoms with Gasteiger partial charge >= 0.3 is 0 Å². The van der Waals surface area contributed by atoms with Gasteiger partial charge in [-0.05, 0) is 50.6 Å². The molecule has 1 aliphatic heterocycles. The topological polar surface area (TPSA) is 44.4 Å². The Kier molecular flexibility index (Phi) is 5.41. The fourth-order valence-corrected chi connectivity index (χ4v) is 2.74. The first kappa shape index (κ1) is 14.9. The van der Waals surface area contributed by atoms with Gasteiger partial charge in [-0.3, -0.25) is 4.79 Å². The predicted molar refractivity (Wildman–Crippen MR) is 84.1 cm³/mol. The highest BCUT2D eigenvalue weighted by Crippen LogP contribution is 2.20. The minimum atomic E-state index is -0.0322. The zero-order chi connectivity index (χ0) is 14.4. The lowest BCUT2D eigenvalue weighted by molar-refractivity contribution is -0.114. The van der Waals surface area contributed by atoms with Gasteiger partial charge in [-0.15, -0.1) is 0 Å². The van der Waals surface area contributed by atoms with Crippen LogP contribution in [-0.2, 0) is 4.79 Å². The predicted octanol–water partition coefficient (Wildman–Crippen LogP) is 2.93. The van der Waals surface area contributed by atoms with Crippen molar-refractivity contribution in [3.8, 4) is 0 Å². The van der Waals surface area contributed by atoms with Gasteiger partial charge in [-0.1, -0.05) is 13.0 Å². The molecular formula is C16H25N3O. The van der Waals surface area contributed by atoms with E-state index in [2.05, 4.69) is 28.5 Å². The zero-order valence-electron chi connectivity index (χ0n) is 12.5. The summed E-state index contributed by atoms with van der Waals surface area (Å²) in [5.74, 6) is -0.0322. The second kappa shape index (κ2) is 7.29. The van der Waals surface area contributed by atoms with Gasteiger partial charge in [0.25, 0.3) is 0 Å². The van der Waals surface area contributed by atoms with Gasteiger partial charge in [-0.2, -0.15) is 0 Å². The van der Waals surface area contributed by atoms with Crippen LogP contribution in [0.1, 0.15) is 33.1 Å². The number of nitrogens with one attached hydrogen (secondary N) is 2. The van der Waals surface area contributed by atoms with E-state index < -0.39 is 0 Å². The summed E-state index contributed by atoms with van der Waals surface area (Å²) in [6.45, 7) is 7.28. The number of hydrogen-bond acceptors (Lipinski definition) is 3. The largest absolute Gasteiger partial charge is 0.382 e. The summed E-state index contributed by atoms with van der Waals surface area (Å²) in [5.41, 5.74) is 1.94. The maximum Gasteiger partial charge on any atom is 0.221 e. The lowest BCUT2D eigenvalue weighted by Crippen LogP contribution is -2.26. The summed E-state index contributed by atoms with van der Waals surface area (Å²) in [5, 5.41) is 6.42. The van der Waals surface area contributed by atoms with Crippen molar-refractivity contribution in [2.45, 2.75) is 39.2 Å². The summed E-state index contributed by atoms with van der Waals surface area (Å²) < 4.78 is 0. The minimum absolute atomic E-state index is 0.0322. The Hall–Kier alpha value is -1.55. The van der Waals surface area contributed by atoms with Crippen molar-refractivity contribution in [1.29, 1.82) is 0 Å². The molecule has 110 valence electrons. The molecule has 0 bridgehead atoms. The van der Waals surface area contributed by atoms with Gasteiger partial charge in [0.15, 0.2) is 0 Å². The molecule has 0 spiro atoms. The molecule has 1 aliphatic rings. The Morgan fingerprint density at radius 1 is 1.30 bits per heavy atom. The van der Waals surface area contributed by atoms with Crippen molar-refractivity contribution in [2.24, 2.45) is 0 Å². The SMILES string of the molecule is CCN1CCCC(Nc2cccc(NC(C)=O)c2)CC1. The third kappa shape index (κ3) is 4.53. The normalized spacial score (nSPS) is 20.2. The number of likely N-dealkylation sites (tertiary alicyclic amines) is 1. The van der Waals surface area contributed by atoms with E-state index in [-0.39, 0.29) is 5.91 Å². The third-order valence-corrected chi connectivity index (χ3v) is 3.82. The average Bonchev–Trinajstić information content (AvgIpc) is 2.63. The molecule has 0 radical (unpaired) electrons. The molecule has 4 heteroatoms. The van der Waals surface area contributed by atoms with Crippen LogP contribution in [0, 0.1) is 0 Å². The number of carbonyl (C=O) groups is 1. The fraction of sp³-hybridized carbons (Fsp3) is 0.562. The number of hydrogen-bond donors (Lipinski definition) is 2. The maximum absolute atomic E-state index is 11.1. The fourth-order valence-electron chi connectivity index (χ4n) is 2.74. The average molecular weight is 275 g/mol. The molecule has 1 aromatic carbocycles. The van der Waals surface area contributed by atoms with Gasteiger partial charge in [0.1, 0.15) is 0 Å². The van der Waals surface area contributed by atoms with Gasteiger partial charge in [0, 0.05) is 30.9 Å². The van der Waals surface area contributed by atoms with E-state index in [0.717, 1.165) is 17.9 Å². The summed E-state index contributed by atoms with van der Waals surface area (Å²) >= 11 is 0. The maximum atomic E-state index is 11.1. The molecule has 0 saturated carbocycles. The van der Waals surface area contributed by atoms with Crippen LogP contribution in [-0.4, -0.2) is 36.5 Å². The Bertz CT molecular complexity index is 447. The highest BCUT2D eigenvalue weighted by molar-refractivity contribution is 5.89. The Labute approximate surface area is 121 Å². The van der Waals surface area contributed by atoms with E-state index in [9.17, 15) is 4.79 Å². The second-order valence-electron chi connectivity index (χ2n) is 5.47. The molecule has 4 nitrogen and oxygen atoms in total. The lowest BCUT2D eigenvalue weighted by atomic mass is 10.1. The van der Waals surface area contributed by atoms with Gasteiger partial charge in [0.05, 0.1) is 0 Å². The van der Waals surface area contributed by atoms with E-state index >= 15 is 0 Å². The van der Waals surface area contributed by atoms with E-state index in [0.29, 0.717) is 6.04 Å². The molecule has 1 heterocycles. The van der Waals surface area contributed by atoms with Crippen molar-refractivity contribution in [3.05, 3.63) is 24.3 Å². The van der Waals surface area contributed by atoms with Gasteiger partial charge in [0.2, 0.25) is 5.91 Å². The molecule has 0 aromatic heterocycles. The molecule has 0 aliphatic carbocycles. The van der Waals surface area contributed by atoms with Crippen molar-refractivity contribution in [2.75, 3.05) is 30.3 Å². The van der Waals surface area contributed by atoms with Crippen molar-refractivity contribution < 1.29 is 4.79 Å². The lowest BCUT2D eigenvalue weighted by Gasteiger charge is -2.19. The Balaban J connectivity index is 1.93. The van der Waals surface area contributed by atoms with Gasteiger partial charge < -0.3 is 15.5 Å². The van der Waals surface area contributed by atoms with Crippen LogP contribution >= 0.6 is 0 Å². The minimum Gasteiger partial charge on any atom is -0.382 e. The standard InChI is InChI=1S/C16H25N3O/c1-3-19-10-5-8-14(9-11-19)18-16-7-4-6-15(12-16)17-13(2)20/h4,6-7,12,14,18H,3,5,8-11H2,1-2H3,(H,17,20).